The molecule has 1 atom stereocenters. The molecule has 0 saturated carbocycles. The summed E-state index contributed by atoms with van der Waals surface area (Å²) in [5, 5.41) is 28.5. The van der Waals surface area contributed by atoms with E-state index in [1.165, 1.54) is 0 Å². The van der Waals surface area contributed by atoms with E-state index >= 15 is 0 Å². The van der Waals surface area contributed by atoms with Crippen LogP contribution in [0, 0.1) is 0 Å². The van der Waals surface area contributed by atoms with E-state index < -0.39 is 48.6 Å². The molecule has 2 fully saturated rings. The number of likely N-dealkylation sites (tertiary alicyclic amines) is 2. The number of likely N-dealkylation sites (N-methyl/N-ethyl adjacent to an activating group) is 1. The first kappa shape index (κ1) is 42.9. The third-order valence-corrected chi connectivity index (χ3v) is 4.23. The van der Waals surface area contributed by atoms with E-state index in [9.17, 15) is 57.5 Å². The van der Waals surface area contributed by atoms with Crippen molar-refractivity contribution in [2.45, 2.75) is 56.6 Å². The lowest BCUT2D eigenvalue weighted by atomic mass is 9.98. The van der Waals surface area contributed by atoms with Gasteiger partial charge in [-0.1, -0.05) is 0 Å². The van der Waals surface area contributed by atoms with E-state index in [1.54, 1.807) is 0 Å². The van der Waals surface area contributed by atoms with Gasteiger partial charge in [0.25, 0.3) is 0 Å². The minimum absolute atomic E-state index is 0.128. The molecule has 12 nitrogen and oxygen atoms in total. The van der Waals surface area contributed by atoms with E-state index in [-0.39, 0.29) is 6.04 Å². The number of alkyl halides is 12. The summed E-state index contributed by atoms with van der Waals surface area (Å²) in [5.41, 5.74) is 5.72. The average molecular weight is 653 g/mol. The van der Waals surface area contributed by atoms with Crippen LogP contribution < -0.4 is 5.73 Å². The second kappa shape index (κ2) is 17.4. The molecule has 2 saturated heterocycles. The van der Waals surface area contributed by atoms with Crippen molar-refractivity contribution in [3.8, 4) is 0 Å². The van der Waals surface area contributed by atoms with Gasteiger partial charge in [-0.15, -0.1) is 0 Å². The summed E-state index contributed by atoms with van der Waals surface area (Å²) in [6.45, 7) is 5.62. The number of rotatable bonds is 2. The lowest BCUT2D eigenvalue weighted by Crippen LogP contribution is -2.64. The maximum absolute atomic E-state index is 11.9. The largest absolute Gasteiger partial charge is 0.490 e. The highest BCUT2D eigenvalue weighted by atomic mass is 19.4. The molecule has 0 unspecified atom stereocenters. The first-order valence-electron chi connectivity index (χ1n) is 10.5. The molecule has 0 radical (unpaired) electrons. The van der Waals surface area contributed by atoms with Gasteiger partial charge < -0.3 is 31.1 Å². The fourth-order valence-electron chi connectivity index (χ4n) is 2.38. The van der Waals surface area contributed by atoms with Gasteiger partial charge in [-0.05, 0) is 19.8 Å². The van der Waals surface area contributed by atoms with Crippen LogP contribution in [-0.2, 0) is 24.0 Å². The van der Waals surface area contributed by atoms with Gasteiger partial charge in [-0.2, -0.15) is 52.7 Å². The van der Waals surface area contributed by atoms with E-state index in [1.807, 2.05) is 11.8 Å². The van der Waals surface area contributed by atoms with Crippen molar-refractivity contribution in [1.29, 1.82) is 0 Å². The van der Waals surface area contributed by atoms with Crippen molar-refractivity contribution in [3.63, 3.8) is 0 Å². The minimum atomic E-state index is -5.08. The first-order valence-corrected chi connectivity index (χ1v) is 10.5. The predicted octanol–water partition coefficient (Wildman–Crippen LogP) is 2.17. The highest BCUT2D eigenvalue weighted by molar-refractivity contribution is 5.82. The van der Waals surface area contributed by atoms with Gasteiger partial charge in [0, 0.05) is 32.2 Å². The summed E-state index contributed by atoms with van der Waals surface area (Å²) >= 11 is 0. The molecule has 0 aromatic carbocycles. The molecule has 2 aliphatic heterocycles. The quantitative estimate of drug-likeness (QED) is 0.274. The molecule has 1 amide bonds. The number of hydrogen-bond acceptors (Lipinski definition) is 7. The number of nitrogens with two attached hydrogens (primary N) is 1. The standard InChI is InChI=1S/C10H19N3O.4C2HF3O2/c1-2-12-5-3-4-9(10(12)14)13-6-8(11)7-13;4*3-2(4,5)1(6)7/h8-9H,2-7,11H2,1H3;4*(H,6,7)/t9-;;;;/m0..../s1. The zero-order chi connectivity index (χ0) is 34.4. The Morgan fingerprint density at radius 2 is 0.976 bits per heavy atom. The number of carbonyl (C=O) groups is 5. The van der Waals surface area contributed by atoms with Crippen LogP contribution in [0.25, 0.3) is 0 Å². The molecular weight excluding hydrogens is 630 g/mol. The number of carboxylic acid groups (broad SMARTS) is 4. The molecule has 248 valence electrons. The van der Waals surface area contributed by atoms with Crippen LogP contribution in [0.3, 0.4) is 0 Å². The van der Waals surface area contributed by atoms with Crippen LogP contribution in [0.5, 0.6) is 0 Å². The average Bonchev–Trinajstić information content (AvgIpc) is 2.76. The maximum atomic E-state index is 11.9. The summed E-state index contributed by atoms with van der Waals surface area (Å²) in [7, 11) is 0. The van der Waals surface area contributed by atoms with E-state index in [2.05, 4.69) is 4.90 Å². The lowest BCUT2D eigenvalue weighted by molar-refractivity contribution is -0.193. The van der Waals surface area contributed by atoms with Gasteiger partial charge in [-0.25, -0.2) is 19.2 Å². The van der Waals surface area contributed by atoms with Crippen molar-refractivity contribution in [2.24, 2.45) is 5.73 Å². The Morgan fingerprint density at radius 1 is 0.714 bits per heavy atom. The van der Waals surface area contributed by atoms with Crippen molar-refractivity contribution in [3.05, 3.63) is 0 Å². The number of amides is 1. The fraction of sp³-hybridized carbons (Fsp3) is 0.722. The summed E-state index contributed by atoms with van der Waals surface area (Å²) in [4.78, 5) is 51.7. The zero-order valence-electron chi connectivity index (χ0n) is 20.7. The van der Waals surface area contributed by atoms with Gasteiger partial charge in [0.05, 0.1) is 6.04 Å². The second-order valence-corrected chi connectivity index (χ2v) is 7.50. The number of nitrogens with zero attached hydrogens (tertiary/aromatic N) is 2. The van der Waals surface area contributed by atoms with Crippen molar-refractivity contribution >= 4 is 29.8 Å². The topological polar surface area (TPSA) is 199 Å². The summed E-state index contributed by atoms with van der Waals surface area (Å²) in [5.74, 6) is -10.7. The van der Waals surface area contributed by atoms with Gasteiger partial charge in [-0.3, -0.25) is 9.69 Å². The molecule has 0 spiro atoms. The molecule has 6 N–H and O–H groups in total. The molecule has 0 aromatic heterocycles. The molecule has 0 aliphatic carbocycles. The monoisotopic (exact) mass is 653 g/mol. The minimum Gasteiger partial charge on any atom is -0.475 e. The molecule has 0 bridgehead atoms. The highest BCUT2D eigenvalue weighted by Crippen LogP contribution is 2.21. The lowest BCUT2D eigenvalue weighted by Gasteiger charge is -2.45. The van der Waals surface area contributed by atoms with E-state index in [4.69, 9.17) is 45.3 Å². The number of carbonyl (C=O) groups excluding carboxylic acids is 1. The summed E-state index contributed by atoms with van der Waals surface area (Å²) < 4.78 is 127. The number of aliphatic carboxylic acids is 4. The van der Waals surface area contributed by atoms with Gasteiger partial charge in [0.1, 0.15) is 0 Å². The Balaban J connectivity index is -0.000000476. The van der Waals surface area contributed by atoms with Gasteiger partial charge >= 0.3 is 48.6 Å². The Kier molecular flexibility index (Phi) is 17.8. The van der Waals surface area contributed by atoms with Crippen LogP contribution in [-0.4, -0.2) is 123 Å². The van der Waals surface area contributed by atoms with Crippen molar-refractivity contribution < 1.29 is 97.1 Å². The molecule has 24 heteroatoms. The van der Waals surface area contributed by atoms with E-state index in [0.717, 1.165) is 39.0 Å². The molecule has 2 heterocycles. The second-order valence-electron chi connectivity index (χ2n) is 7.50. The van der Waals surface area contributed by atoms with Gasteiger partial charge in [0.15, 0.2) is 0 Å². The predicted molar refractivity (Wildman–Crippen MR) is 110 cm³/mol. The van der Waals surface area contributed by atoms with Crippen molar-refractivity contribution in [1.82, 2.24) is 9.80 Å². The first-order chi connectivity index (χ1) is 18.5. The smallest absolute Gasteiger partial charge is 0.475 e. The SMILES string of the molecule is CCN1CCC[C@H](N2CC(N)C2)C1=O.O=C(O)C(F)(F)F.O=C(O)C(F)(F)F.O=C(O)C(F)(F)F.O=C(O)C(F)(F)F. The molecule has 2 rings (SSSR count). The number of carboxylic acids is 4. The fourth-order valence-corrected chi connectivity index (χ4v) is 2.38. The van der Waals surface area contributed by atoms with E-state index in [0.29, 0.717) is 11.9 Å². The van der Waals surface area contributed by atoms with Gasteiger partial charge in [0.2, 0.25) is 5.91 Å². The Bertz CT molecular complexity index is 804. The molecule has 42 heavy (non-hydrogen) atoms. The van der Waals surface area contributed by atoms with Crippen LogP contribution in [0.15, 0.2) is 0 Å². The highest BCUT2D eigenvalue weighted by Gasteiger charge is 2.40. The van der Waals surface area contributed by atoms with Crippen LogP contribution in [0.1, 0.15) is 19.8 Å². The van der Waals surface area contributed by atoms with Crippen molar-refractivity contribution in [2.75, 3.05) is 26.2 Å². The Hall–Kier alpha value is -3.57. The third kappa shape index (κ3) is 19.5. The zero-order valence-corrected chi connectivity index (χ0v) is 20.7. The summed E-state index contributed by atoms with van der Waals surface area (Å²) in [6.07, 6.45) is -18.2. The number of hydrogen-bond donors (Lipinski definition) is 5. The maximum Gasteiger partial charge on any atom is 0.490 e. The van der Waals surface area contributed by atoms with Crippen LogP contribution in [0.4, 0.5) is 52.7 Å². The Labute approximate surface area is 226 Å². The normalized spacial score (nSPS) is 17.7. The number of piperidine rings is 1. The molecule has 2 aliphatic rings. The van der Waals surface area contributed by atoms with Crippen LogP contribution >= 0.6 is 0 Å². The van der Waals surface area contributed by atoms with Crippen LogP contribution in [0.2, 0.25) is 0 Å². The molecular formula is C18H23F12N3O9. The Morgan fingerprint density at radius 3 is 1.17 bits per heavy atom. The third-order valence-electron chi connectivity index (χ3n) is 4.23. The summed E-state index contributed by atoms with van der Waals surface area (Å²) in [6, 6.07) is 0.420. The molecule has 0 aromatic rings. The number of halogens is 12.